The van der Waals surface area contributed by atoms with Crippen molar-refractivity contribution < 1.29 is 0 Å². The molecule has 1 fully saturated rings. The number of aliphatic imine (C=N–C) groups is 1. The van der Waals surface area contributed by atoms with Gasteiger partial charge in [-0.05, 0) is 38.8 Å². The van der Waals surface area contributed by atoms with Gasteiger partial charge in [0, 0.05) is 12.2 Å². The van der Waals surface area contributed by atoms with E-state index in [0.29, 0.717) is 6.04 Å². The number of aryl methyl sites for hydroxylation is 1. The molecule has 1 aliphatic rings. The van der Waals surface area contributed by atoms with Crippen LogP contribution in [0.4, 0.5) is 5.69 Å². The molecule has 1 aromatic carbocycles. The van der Waals surface area contributed by atoms with E-state index in [-0.39, 0.29) is 0 Å². The molecule has 0 saturated heterocycles. The van der Waals surface area contributed by atoms with Gasteiger partial charge in [-0.2, -0.15) is 0 Å². The Bertz CT molecular complexity index is 392. The van der Waals surface area contributed by atoms with Crippen LogP contribution in [0.3, 0.4) is 0 Å². The van der Waals surface area contributed by atoms with Crippen LogP contribution >= 0.6 is 0 Å². The van der Waals surface area contributed by atoms with Gasteiger partial charge < -0.3 is 4.90 Å². The van der Waals surface area contributed by atoms with Crippen molar-refractivity contribution in [2.75, 3.05) is 11.4 Å². The highest BCUT2D eigenvalue weighted by Gasteiger charge is 2.22. The van der Waals surface area contributed by atoms with Crippen molar-refractivity contribution in [2.24, 2.45) is 10.8 Å². The smallest absolute Gasteiger partial charge is 0.213 e. The van der Waals surface area contributed by atoms with Gasteiger partial charge in [0.2, 0.25) is 5.96 Å². The third-order valence-corrected chi connectivity index (χ3v) is 2.90. The zero-order valence-corrected chi connectivity index (χ0v) is 10.5. The summed E-state index contributed by atoms with van der Waals surface area (Å²) in [6.45, 7) is 5.03. The Morgan fingerprint density at radius 3 is 2.53 bits per heavy atom. The fourth-order valence-corrected chi connectivity index (χ4v) is 1.74. The third kappa shape index (κ3) is 2.97. The van der Waals surface area contributed by atoms with Crippen molar-refractivity contribution in [3.05, 3.63) is 29.8 Å². The standard InChI is InChI=1S/C13H20N4/c1-3-17(12-8-4-10(2)5-9-12)13(16-14)15-11-6-7-11/h4-5,8-9,11H,3,6-7,14H2,1-2H3,(H,15,16). The molecule has 92 valence electrons. The first-order valence-electron chi connectivity index (χ1n) is 6.13. The summed E-state index contributed by atoms with van der Waals surface area (Å²) in [5, 5.41) is 0. The Hall–Kier alpha value is -1.55. The molecule has 4 nitrogen and oxygen atoms in total. The molecule has 0 aromatic heterocycles. The molecule has 4 heteroatoms. The van der Waals surface area contributed by atoms with Gasteiger partial charge in [-0.1, -0.05) is 17.7 Å². The van der Waals surface area contributed by atoms with Crippen molar-refractivity contribution in [2.45, 2.75) is 32.7 Å². The number of nitrogens with one attached hydrogen (secondary N) is 1. The molecule has 0 atom stereocenters. The topological polar surface area (TPSA) is 53.6 Å². The lowest BCUT2D eigenvalue weighted by molar-refractivity contribution is 0.900. The summed E-state index contributed by atoms with van der Waals surface area (Å²) < 4.78 is 0. The van der Waals surface area contributed by atoms with Crippen LogP contribution in [0.15, 0.2) is 29.3 Å². The van der Waals surface area contributed by atoms with E-state index in [1.165, 1.54) is 18.4 Å². The number of rotatable bonds is 3. The molecular weight excluding hydrogens is 212 g/mol. The van der Waals surface area contributed by atoms with Crippen LogP contribution < -0.4 is 16.2 Å². The van der Waals surface area contributed by atoms with Crippen LogP contribution in [-0.2, 0) is 0 Å². The molecule has 2 rings (SSSR count). The van der Waals surface area contributed by atoms with Crippen LogP contribution in [0.5, 0.6) is 0 Å². The predicted octanol–water partition coefficient (Wildman–Crippen LogP) is 1.80. The van der Waals surface area contributed by atoms with Crippen LogP contribution in [0, 0.1) is 6.92 Å². The largest absolute Gasteiger partial charge is 0.312 e. The van der Waals surface area contributed by atoms with E-state index in [2.05, 4.69) is 53.4 Å². The molecule has 0 aliphatic heterocycles. The molecule has 1 saturated carbocycles. The molecule has 0 amide bonds. The Labute approximate surface area is 102 Å². The molecule has 0 heterocycles. The highest BCUT2D eigenvalue weighted by molar-refractivity contribution is 5.95. The average molecular weight is 232 g/mol. The summed E-state index contributed by atoms with van der Waals surface area (Å²) in [5.41, 5.74) is 5.09. The summed E-state index contributed by atoms with van der Waals surface area (Å²) in [7, 11) is 0. The first-order chi connectivity index (χ1) is 8.24. The molecule has 17 heavy (non-hydrogen) atoms. The van der Waals surface area contributed by atoms with Gasteiger partial charge in [-0.3, -0.25) is 5.43 Å². The van der Waals surface area contributed by atoms with Crippen LogP contribution in [-0.4, -0.2) is 18.5 Å². The highest BCUT2D eigenvalue weighted by atomic mass is 15.4. The third-order valence-electron chi connectivity index (χ3n) is 2.90. The van der Waals surface area contributed by atoms with Crippen LogP contribution in [0.1, 0.15) is 25.3 Å². The minimum atomic E-state index is 0.459. The minimum Gasteiger partial charge on any atom is -0.312 e. The van der Waals surface area contributed by atoms with E-state index in [9.17, 15) is 0 Å². The average Bonchev–Trinajstić information content (AvgIpc) is 3.15. The van der Waals surface area contributed by atoms with Gasteiger partial charge in [-0.25, -0.2) is 10.8 Å². The van der Waals surface area contributed by atoms with Gasteiger partial charge in [0.1, 0.15) is 0 Å². The molecule has 0 spiro atoms. The van der Waals surface area contributed by atoms with Gasteiger partial charge in [0.25, 0.3) is 0 Å². The van der Waals surface area contributed by atoms with Gasteiger partial charge >= 0.3 is 0 Å². The van der Waals surface area contributed by atoms with Crippen LogP contribution in [0.25, 0.3) is 0 Å². The lowest BCUT2D eigenvalue weighted by Crippen LogP contribution is -2.45. The second-order valence-electron chi connectivity index (χ2n) is 4.41. The number of hydrazine groups is 1. The summed E-state index contributed by atoms with van der Waals surface area (Å²) in [6, 6.07) is 8.85. The number of nitrogens with zero attached hydrogens (tertiary/aromatic N) is 2. The van der Waals surface area contributed by atoms with Crippen molar-refractivity contribution in [3.8, 4) is 0 Å². The Morgan fingerprint density at radius 1 is 1.41 bits per heavy atom. The number of nitrogens with two attached hydrogens (primary N) is 1. The summed E-state index contributed by atoms with van der Waals surface area (Å²) in [6.07, 6.45) is 2.35. The normalized spacial score (nSPS) is 15.8. The predicted molar refractivity (Wildman–Crippen MR) is 72.0 cm³/mol. The van der Waals surface area contributed by atoms with Crippen molar-refractivity contribution in [3.63, 3.8) is 0 Å². The quantitative estimate of drug-likeness (QED) is 0.362. The number of anilines is 1. The fraction of sp³-hybridized carbons (Fsp3) is 0.462. The maximum absolute atomic E-state index is 5.57. The number of guanidine groups is 1. The van der Waals surface area contributed by atoms with Crippen molar-refractivity contribution in [1.82, 2.24) is 5.43 Å². The van der Waals surface area contributed by atoms with E-state index < -0.39 is 0 Å². The highest BCUT2D eigenvalue weighted by Crippen LogP contribution is 2.24. The van der Waals surface area contributed by atoms with E-state index >= 15 is 0 Å². The molecule has 0 unspecified atom stereocenters. The monoisotopic (exact) mass is 232 g/mol. The van der Waals surface area contributed by atoms with Crippen molar-refractivity contribution >= 4 is 11.6 Å². The van der Waals surface area contributed by atoms with Crippen molar-refractivity contribution in [1.29, 1.82) is 0 Å². The molecule has 3 N–H and O–H groups in total. The Balaban J connectivity index is 2.21. The maximum atomic E-state index is 5.57. The maximum Gasteiger partial charge on any atom is 0.213 e. The van der Waals surface area contributed by atoms with E-state index in [4.69, 9.17) is 5.84 Å². The summed E-state index contributed by atoms with van der Waals surface area (Å²) in [4.78, 5) is 6.68. The lowest BCUT2D eigenvalue weighted by atomic mass is 10.2. The second kappa shape index (κ2) is 5.19. The first-order valence-corrected chi connectivity index (χ1v) is 6.13. The molecule has 0 bridgehead atoms. The zero-order chi connectivity index (χ0) is 12.3. The zero-order valence-electron chi connectivity index (χ0n) is 10.5. The number of benzene rings is 1. The van der Waals surface area contributed by atoms with E-state index in [1.807, 2.05) is 0 Å². The second-order valence-corrected chi connectivity index (χ2v) is 4.41. The van der Waals surface area contributed by atoms with Gasteiger partial charge in [-0.15, -0.1) is 0 Å². The van der Waals surface area contributed by atoms with Gasteiger partial charge in [0.05, 0.1) is 6.04 Å². The minimum absolute atomic E-state index is 0.459. The van der Waals surface area contributed by atoms with E-state index in [1.54, 1.807) is 0 Å². The summed E-state index contributed by atoms with van der Waals surface area (Å²) in [5.74, 6) is 6.33. The Morgan fingerprint density at radius 2 is 2.06 bits per heavy atom. The Kier molecular flexibility index (Phi) is 3.64. The van der Waals surface area contributed by atoms with Crippen LogP contribution in [0.2, 0.25) is 0 Å². The number of hydrogen-bond acceptors (Lipinski definition) is 2. The number of hydrogen-bond donors (Lipinski definition) is 2. The lowest BCUT2D eigenvalue weighted by Gasteiger charge is -2.24. The first kappa shape index (κ1) is 11.9. The molecule has 1 aromatic rings. The van der Waals surface area contributed by atoms with Gasteiger partial charge in [0.15, 0.2) is 0 Å². The summed E-state index contributed by atoms with van der Waals surface area (Å²) >= 11 is 0. The molecule has 0 radical (unpaired) electrons. The SMILES string of the molecule is CCN(C(=NC1CC1)NN)c1ccc(C)cc1. The fourth-order valence-electron chi connectivity index (χ4n) is 1.74. The molecule has 1 aliphatic carbocycles. The van der Waals surface area contributed by atoms with E-state index in [0.717, 1.165) is 18.2 Å². The molecular formula is C13H20N4.